The summed E-state index contributed by atoms with van der Waals surface area (Å²) in [5, 5.41) is 0. The predicted molar refractivity (Wildman–Crippen MR) is 104 cm³/mol. The average molecular weight is 404 g/mol. The third-order valence-electron chi connectivity index (χ3n) is 4.17. The normalized spacial score (nSPS) is 11.8. The van der Waals surface area contributed by atoms with Gasteiger partial charge < -0.3 is 9.47 Å². The Hall–Kier alpha value is -2.98. The fraction of sp³-hybridized carbons (Fsp3) is 0.278. The van der Waals surface area contributed by atoms with Crippen molar-refractivity contribution in [3.05, 3.63) is 41.6 Å². The molecule has 148 valence electrons. The number of aromatic nitrogens is 3. The second kappa shape index (κ2) is 7.21. The van der Waals surface area contributed by atoms with Crippen LogP contribution in [-0.4, -0.2) is 60.9 Å². The van der Waals surface area contributed by atoms with E-state index in [1.54, 1.807) is 31.2 Å². The first-order valence-electron chi connectivity index (χ1n) is 8.27. The Labute approximate surface area is 162 Å². The molecule has 0 aliphatic rings. The van der Waals surface area contributed by atoms with Crippen LogP contribution in [0.25, 0.3) is 22.6 Å². The third kappa shape index (κ3) is 3.10. The number of methoxy groups -OCH3 is 2. The number of benzene rings is 1. The average Bonchev–Trinajstić information content (AvgIpc) is 3.07. The number of carbonyl (C=O) groups is 1. The molecular formula is C18H20N4O5S. The van der Waals surface area contributed by atoms with Gasteiger partial charge in [0.05, 0.1) is 25.3 Å². The van der Waals surface area contributed by atoms with Crippen LogP contribution < -0.4 is 4.74 Å². The van der Waals surface area contributed by atoms with Crippen molar-refractivity contribution in [3.63, 3.8) is 0 Å². The molecular weight excluding hydrogens is 384 g/mol. The van der Waals surface area contributed by atoms with Gasteiger partial charge in [-0.15, -0.1) is 0 Å². The summed E-state index contributed by atoms with van der Waals surface area (Å²) in [5.74, 6) is -0.244. The molecule has 0 fully saturated rings. The van der Waals surface area contributed by atoms with Crippen LogP contribution in [-0.2, 0) is 14.9 Å². The fourth-order valence-electron chi connectivity index (χ4n) is 2.76. The first-order chi connectivity index (χ1) is 13.2. The van der Waals surface area contributed by atoms with E-state index < -0.39 is 16.2 Å². The topological polar surface area (TPSA) is 104 Å². The van der Waals surface area contributed by atoms with E-state index in [1.165, 1.54) is 34.4 Å². The summed E-state index contributed by atoms with van der Waals surface area (Å²) in [5.41, 5.74) is 1.45. The van der Waals surface area contributed by atoms with E-state index >= 15 is 0 Å². The van der Waals surface area contributed by atoms with Gasteiger partial charge >= 0.3 is 16.2 Å². The molecule has 2 aromatic heterocycles. The van der Waals surface area contributed by atoms with E-state index in [0.717, 1.165) is 8.28 Å². The van der Waals surface area contributed by atoms with Crippen molar-refractivity contribution >= 4 is 27.2 Å². The lowest BCUT2D eigenvalue weighted by Crippen LogP contribution is -2.29. The Kier molecular flexibility index (Phi) is 5.09. The monoisotopic (exact) mass is 404 g/mol. The molecule has 3 aromatic rings. The van der Waals surface area contributed by atoms with Gasteiger partial charge in [0, 0.05) is 19.8 Å². The second-order valence-electron chi connectivity index (χ2n) is 6.16. The summed E-state index contributed by atoms with van der Waals surface area (Å²) >= 11 is 0. The third-order valence-corrected chi connectivity index (χ3v) is 5.92. The highest BCUT2D eigenvalue weighted by atomic mass is 32.2. The molecule has 28 heavy (non-hydrogen) atoms. The molecule has 0 saturated carbocycles. The highest BCUT2D eigenvalue weighted by Gasteiger charge is 2.29. The zero-order chi connectivity index (χ0) is 20.6. The molecule has 0 radical (unpaired) electrons. The van der Waals surface area contributed by atoms with Crippen LogP contribution in [0.3, 0.4) is 0 Å². The van der Waals surface area contributed by atoms with Crippen LogP contribution in [0.1, 0.15) is 16.1 Å². The van der Waals surface area contributed by atoms with Crippen molar-refractivity contribution < 1.29 is 22.7 Å². The Bertz CT molecular complexity index is 1170. The van der Waals surface area contributed by atoms with E-state index in [1.807, 2.05) is 0 Å². The molecule has 0 spiro atoms. The van der Waals surface area contributed by atoms with E-state index in [0.29, 0.717) is 22.5 Å². The summed E-state index contributed by atoms with van der Waals surface area (Å²) in [6, 6.07) is 8.13. The van der Waals surface area contributed by atoms with Crippen molar-refractivity contribution in [2.24, 2.45) is 0 Å². The zero-order valence-electron chi connectivity index (χ0n) is 16.1. The molecule has 0 saturated heterocycles. The number of hydrogen-bond donors (Lipinski definition) is 0. The molecule has 2 heterocycles. The Morgan fingerprint density at radius 2 is 1.82 bits per heavy atom. The van der Waals surface area contributed by atoms with Crippen molar-refractivity contribution in [2.75, 3.05) is 28.3 Å². The summed E-state index contributed by atoms with van der Waals surface area (Å²) < 4.78 is 38.5. The number of imidazole rings is 1. The van der Waals surface area contributed by atoms with Crippen molar-refractivity contribution in [3.8, 4) is 17.3 Å². The minimum Gasteiger partial charge on any atom is -0.494 e. The Morgan fingerprint density at radius 3 is 2.43 bits per heavy atom. The van der Waals surface area contributed by atoms with Crippen LogP contribution in [0.15, 0.2) is 30.3 Å². The van der Waals surface area contributed by atoms with Crippen LogP contribution in [0.2, 0.25) is 0 Å². The number of pyridine rings is 1. The Morgan fingerprint density at radius 1 is 1.11 bits per heavy atom. The number of ether oxygens (including phenoxy) is 2. The van der Waals surface area contributed by atoms with Gasteiger partial charge in [-0.3, -0.25) is 0 Å². The van der Waals surface area contributed by atoms with E-state index in [4.69, 9.17) is 9.47 Å². The van der Waals surface area contributed by atoms with Crippen molar-refractivity contribution in [1.82, 2.24) is 18.2 Å². The van der Waals surface area contributed by atoms with E-state index in [9.17, 15) is 13.2 Å². The van der Waals surface area contributed by atoms with Crippen molar-refractivity contribution in [2.45, 2.75) is 6.92 Å². The fourth-order valence-corrected chi connectivity index (χ4v) is 3.83. The summed E-state index contributed by atoms with van der Waals surface area (Å²) in [7, 11) is 1.55. The number of nitrogens with zero attached hydrogens (tertiary/aromatic N) is 4. The van der Waals surface area contributed by atoms with Crippen molar-refractivity contribution in [1.29, 1.82) is 0 Å². The van der Waals surface area contributed by atoms with Gasteiger partial charge in [-0.25, -0.2) is 18.7 Å². The molecule has 0 N–H and O–H groups in total. The molecule has 3 rings (SSSR count). The lowest BCUT2D eigenvalue weighted by atomic mass is 10.1. The van der Waals surface area contributed by atoms with Gasteiger partial charge in [0.2, 0.25) is 0 Å². The number of fused-ring (bicyclic) bond motifs is 1. The molecule has 9 nitrogen and oxygen atoms in total. The SMILES string of the molecule is COC(=O)c1ccc(C)nc1-c1nc2c(OC)cccc2n1S(=O)(=O)N(C)C. The molecule has 0 atom stereocenters. The number of aryl methyl sites for hydroxylation is 1. The lowest BCUT2D eigenvalue weighted by Gasteiger charge is -2.16. The second-order valence-corrected chi connectivity index (χ2v) is 8.15. The molecule has 1 aromatic carbocycles. The van der Waals surface area contributed by atoms with E-state index in [2.05, 4.69) is 9.97 Å². The van der Waals surface area contributed by atoms with Gasteiger partial charge in [0.25, 0.3) is 0 Å². The number of para-hydroxylation sites is 1. The van der Waals surface area contributed by atoms with Crippen LogP contribution in [0.4, 0.5) is 0 Å². The zero-order valence-corrected chi connectivity index (χ0v) is 16.9. The largest absolute Gasteiger partial charge is 0.494 e. The Balaban J connectivity index is 2.50. The van der Waals surface area contributed by atoms with Gasteiger partial charge in [-0.05, 0) is 31.2 Å². The molecule has 0 bridgehead atoms. The summed E-state index contributed by atoms with van der Waals surface area (Å²) in [4.78, 5) is 21.1. The molecule has 10 heteroatoms. The maximum absolute atomic E-state index is 13.1. The number of esters is 1. The molecule has 0 amide bonds. The highest BCUT2D eigenvalue weighted by molar-refractivity contribution is 7.87. The summed E-state index contributed by atoms with van der Waals surface area (Å²) in [6.45, 7) is 1.73. The van der Waals surface area contributed by atoms with Crippen LogP contribution >= 0.6 is 0 Å². The minimum absolute atomic E-state index is 0.00250. The quantitative estimate of drug-likeness (QED) is 0.598. The van der Waals surface area contributed by atoms with Crippen LogP contribution in [0, 0.1) is 6.92 Å². The van der Waals surface area contributed by atoms with Gasteiger partial charge in [-0.1, -0.05) is 6.07 Å². The molecule has 0 unspecified atom stereocenters. The minimum atomic E-state index is -3.99. The van der Waals surface area contributed by atoms with Gasteiger partial charge in [-0.2, -0.15) is 12.7 Å². The van der Waals surface area contributed by atoms with E-state index in [-0.39, 0.29) is 17.1 Å². The first kappa shape index (κ1) is 19.8. The number of hydrogen-bond acceptors (Lipinski definition) is 7. The smallest absolute Gasteiger partial charge is 0.340 e. The predicted octanol–water partition coefficient (Wildman–Crippen LogP) is 1.86. The van der Waals surface area contributed by atoms with Gasteiger partial charge in [0.1, 0.15) is 17.0 Å². The maximum Gasteiger partial charge on any atom is 0.340 e. The molecule has 0 aliphatic heterocycles. The summed E-state index contributed by atoms with van der Waals surface area (Å²) in [6.07, 6.45) is 0. The molecule has 0 aliphatic carbocycles. The highest BCUT2D eigenvalue weighted by Crippen LogP contribution is 2.33. The number of rotatable bonds is 5. The van der Waals surface area contributed by atoms with Gasteiger partial charge in [0.15, 0.2) is 5.82 Å². The number of carbonyl (C=O) groups excluding carboxylic acids is 1. The maximum atomic E-state index is 13.1. The van der Waals surface area contributed by atoms with Crippen LogP contribution in [0.5, 0.6) is 5.75 Å². The lowest BCUT2D eigenvalue weighted by molar-refractivity contribution is 0.0601. The first-order valence-corrected chi connectivity index (χ1v) is 9.67. The standard InChI is InChI=1S/C18H20N4O5S/c1-11-9-10-12(18(23)27-5)15(19-11)17-20-16-13(7-6-8-14(16)26-4)22(17)28(24,25)21(2)3/h6-10H,1-5H3.